The minimum Gasteiger partial charge on any atom is -0.309 e. The van der Waals surface area contributed by atoms with Crippen LogP contribution in [0, 0.1) is 17.1 Å². The average molecular weight is 580 g/mol. The number of rotatable bonds is 3. The van der Waals surface area contributed by atoms with E-state index in [1.807, 2.05) is 28.8 Å². The molecule has 5 nitrogen and oxygen atoms in total. The van der Waals surface area contributed by atoms with Gasteiger partial charge in [0.2, 0.25) is 5.95 Å². The van der Waals surface area contributed by atoms with Crippen LogP contribution in [0.5, 0.6) is 0 Å². The lowest BCUT2D eigenvalue weighted by Gasteiger charge is -2.10. The zero-order valence-electron chi connectivity index (χ0n) is 23.8. The average Bonchev–Trinajstić information content (AvgIpc) is 3.60. The summed E-state index contributed by atoms with van der Waals surface area (Å²) in [7, 11) is 0. The maximum absolute atomic E-state index is 14.2. The van der Waals surface area contributed by atoms with E-state index in [0.29, 0.717) is 16.9 Å². The molecule has 0 spiro atoms. The van der Waals surface area contributed by atoms with Crippen LogP contribution >= 0.6 is 0 Å². The third kappa shape index (κ3) is 3.78. The predicted octanol–water partition coefficient (Wildman–Crippen LogP) is 9.50. The molecule has 6 heteroatoms. The maximum Gasteiger partial charge on any atom is 0.236 e. The second-order valence-electron chi connectivity index (χ2n) is 11.2. The predicted molar refractivity (Wildman–Crippen MR) is 178 cm³/mol. The number of hydrogen-bond donors (Lipinski definition) is 0. The molecule has 9 aromatic rings. The molecule has 0 unspecified atom stereocenters. The Kier molecular flexibility index (Phi) is 5.37. The van der Waals surface area contributed by atoms with Gasteiger partial charge in [0.25, 0.3) is 0 Å². The van der Waals surface area contributed by atoms with Crippen molar-refractivity contribution in [2.45, 2.75) is 0 Å². The van der Waals surface area contributed by atoms with Gasteiger partial charge in [-0.25, -0.2) is 14.4 Å². The highest BCUT2D eigenvalue weighted by Crippen LogP contribution is 2.38. The van der Waals surface area contributed by atoms with Crippen LogP contribution in [0.25, 0.3) is 77.3 Å². The van der Waals surface area contributed by atoms with Gasteiger partial charge < -0.3 is 4.57 Å². The highest BCUT2D eigenvalue weighted by molar-refractivity contribution is 6.12. The first kappa shape index (κ1) is 25.2. The molecule has 0 aliphatic carbocycles. The lowest BCUT2D eigenvalue weighted by atomic mass is 10.0. The van der Waals surface area contributed by atoms with Crippen molar-refractivity contribution in [3.63, 3.8) is 0 Å². The van der Waals surface area contributed by atoms with Crippen LogP contribution in [0.15, 0.2) is 133 Å². The van der Waals surface area contributed by atoms with Crippen molar-refractivity contribution in [3.8, 4) is 28.8 Å². The Morgan fingerprint density at radius 2 is 1.13 bits per heavy atom. The molecule has 0 bridgehead atoms. The van der Waals surface area contributed by atoms with E-state index < -0.39 is 5.82 Å². The SMILES string of the molecule is N#Cc1nc(-n2c3ccccc3c3cc(-c4ccc5c6ccccc6n(-c6ccccc6)c5c4)ccc32)nc2cc(F)ccc12. The fourth-order valence-corrected chi connectivity index (χ4v) is 6.65. The molecule has 0 aliphatic rings. The van der Waals surface area contributed by atoms with Gasteiger partial charge in [-0.3, -0.25) is 4.57 Å². The lowest BCUT2D eigenvalue weighted by molar-refractivity contribution is 0.629. The van der Waals surface area contributed by atoms with Crippen molar-refractivity contribution in [2.75, 3.05) is 0 Å². The smallest absolute Gasteiger partial charge is 0.236 e. The van der Waals surface area contributed by atoms with E-state index in [2.05, 4.69) is 107 Å². The van der Waals surface area contributed by atoms with E-state index >= 15 is 0 Å². The number of halogens is 1. The van der Waals surface area contributed by atoms with Gasteiger partial charge >= 0.3 is 0 Å². The van der Waals surface area contributed by atoms with E-state index in [9.17, 15) is 9.65 Å². The fourth-order valence-electron chi connectivity index (χ4n) is 6.65. The molecule has 0 fully saturated rings. The number of fused-ring (bicyclic) bond motifs is 7. The number of benzene rings is 6. The number of para-hydroxylation sites is 3. The summed E-state index contributed by atoms with van der Waals surface area (Å²) in [5, 5.41) is 14.9. The molecule has 3 heterocycles. The number of nitriles is 1. The molecule has 6 aromatic carbocycles. The van der Waals surface area contributed by atoms with Gasteiger partial charge in [-0.15, -0.1) is 0 Å². The van der Waals surface area contributed by atoms with Gasteiger partial charge in [0.05, 0.1) is 27.6 Å². The van der Waals surface area contributed by atoms with Gasteiger partial charge in [-0.1, -0.05) is 72.8 Å². The van der Waals surface area contributed by atoms with Gasteiger partial charge in [0.15, 0.2) is 5.69 Å². The minimum absolute atomic E-state index is 0.208. The van der Waals surface area contributed by atoms with Crippen molar-refractivity contribution in [1.82, 2.24) is 19.1 Å². The molecule has 45 heavy (non-hydrogen) atoms. The summed E-state index contributed by atoms with van der Waals surface area (Å²) in [6.07, 6.45) is 0. The first-order valence-corrected chi connectivity index (χ1v) is 14.7. The number of aromatic nitrogens is 4. The topological polar surface area (TPSA) is 59.4 Å². The monoisotopic (exact) mass is 579 g/mol. The second-order valence-corrected chi connectivity index (χ2v) is 11.2. The Bertz CT molecular complexity index is 2680. The van der Waals surface area contributed by atoms with Crippen LogP contribution in [0.3, 0.4) is 0 Å². The van der Waals surface area contributed by atoms with Gasteiger partial charge in [-0.05, 0) is 65.7 Å². The van der Waals surface area contributed by atoms with Crippen LogP contribution in [0.1, 0.15) is 5.69 Å². The van der Waals surface area contributed by atoms with Crippen molar-refractivity contribution >= 4 is 54.5 Å². The van der Waals surface area contributed by atoms with Gasteiger partial charge in [-0.2, -0.15) is 5.26 Å². The molecule has 210 valence electrons. The van der Waals surface area contributed by atoms with Crippen LogP contribution < -0.4 is 0 Å². The van der Waals surface area contributed by atoms with E-state index in [1.165, 1.54) is 28.4 Å². The number of hydrogen-bond acceptors (Lipinski definition) is 3. The Balaban J connectivity index is 1.28. The molecule has 9 rings (SSSR count). The molecule has 0 saturated heterocycles. The third-order valence-corrected chi connectivity index (χ3v) is 8.65. The zero-order valence-corrected chi connectivity index (χ0v) is 23.8. The first-order valence-electron chi connectivity index (χ1n) is 14.7. The van der Waals surface area contributed by atoms with E-state index in [0.717, 1.165) is 44.1 Å². The Labute approximate surface area is 256 Å². The second kappa shape index (κ2) is 9.60. The molecule has 0 saturated carbocycles. The summed E-state index contributed by atoms with van der Waals surface area (Å²) in [6, 6.07) is 46.5. The normalized spacial score (nSPS) is 11.6. The van der Waals surface area contributed by atoms with Crippen molar-refractivity contribution in [3.05, 3.63) is 145 Å². The Hall–Kier alpha value is -6.32. The molecular weight excluding hydrogens is 557 g/mol. The molecule has 0 atom stereocenters. The molecular formula is C39H22FN5. The fraction of sp³-hybridized carbons (Fsp3) is 0. The van der Waals surface area contributed by atoms with Crippen molar-refractivity contribution in [2.24, 2.45) is 0 Å². The summed E-state index contributed by atoms with van der Waals surface area (Å²) in [5.41, 5.74) is 8.02. The largest absolute Gasteiger partial charge is 0.309 e. The van der Waals surface area contributed by atoms with E-state index in [4.69, 9.17) is 4.98 Å². The standard InChI is InChI=1S/C39H22FN5/c40-26-16-18-31-33(22-26)42-39(43-34(31)23-41)45-36-13-7-5-11-29(36)32-20-24(15-19-37(32)45)25-14-17-30-28-10-4-6-12-35(28)44(38(30)21-25)27-8-2-1-3-9-27/h1-22H. The molecule has 0 radical (unpaired) electrons. The van der Waals surface area contributed by atoms with Gasteiger partial charge in [0, 0.05) is 38.7 Å². The summed E-state index contributed by atoms with van der Waals surface area (Å²) in [6.45, 7) is 0. The lowest BCUT2D eigenvalue weighted by Crippen LogP contribution is -2.03. The maximum atomic E-state index is 14.2. The Morgan fingerprint density at radius 1 is 0.511 bits per heavy atom. The summed E-state index contributed by atoms with van der Waals surface area (Å²) < 4.78 is 18.5. The van der Waals surface area contributed by atoms with E-state index in [-0.39, 0.29) is 5.69 Å². The van der Waals surface area contributed by atoms with Crippen LogP contribution in [-0.2, 0) is 0 Å². The quantitative estimate of drug-likeness (QED) is 0.209. The Morgan fingerprint density at radius 3 is 1.93 bits per heavy atom. The van der Waals surface area contributed by atoms with Crippen molar-refractivity contribution < 1.29 is 4.39 Å². The van der Waals surface area contributed by atoms with Crippen LogP contribution in [0.2, 0.25) is 0 Å². The summed E-state index contributed by atoms with van der Waals surface area (Å²) >= 11 is 0. The van der Waals surface area contributed by atoms with Gasteiger partial charge in [0.1, 0.15) is 11.9 Å². The highest BCUT2D eigenvalue weighted by Gasteiger charge is 2.18. The first-order chi connectivity index (χ1) is 22.2. The molecule has 0 N–H and O–H groups in total. The molecule has 3 aromatic heterocycles. The molecule has 0 aliphatic heterocycles. The van der Waals surface area contributed by atoms with Crippen LogP contribution in [0.4, 0.5) is 4.39 Å². The van der Waals surface area contributed by atoms with E-state index in [1.54, 1.807) is 6.07 Å². The molecule has 0 amide bonds. The number of nitrogens with zero attached hydrogens (tertiary/aromatic N) is 5. The minimum atomic E-state index is -0.411. The van der Waals surface area contributed by atoms with Crippen molar-refractivity contribution in [1.29, 1.82) is 5.26 Å². The zero-order chi connectivity index (χ0) is 30.1. The van der Waals surface area contributed by atoms with Crippen LogP contribution in [-0.4, -0.2) is 19.1 Å². The third-order valence-electron chi connectivity index (χ3n) is 8.65. The summed E-state index contributed by atoms with van der Waals surface area (Å²) in [4.78, 5) is 9.35. The summed E-state index contributed by atoms with van der Waals surface area (Å²) in [5.74, 6) is -0.0800. The highest BCUT2D eigenvalue weighted by atomic mass is 19.1.